The third-order valence-corrected chi connectivity index (χ3v) is 3.96. The van der Waals surface area contributed by atoms with Gasteiger partial charge in [-0.1, -0.05) is 23.7 Å². The van der Waals surface area contributed by atoms with Crippen LogP contribution in [-0.2, 0) is 6.61 Å². The van der Waals surface area contributed by atoms with E-state index in [9.17, 15) is 4.39 Å². The van der Waals surface area contributed by atoms with E-state index in [-0.39, 0.29) is 17.4 Å². The number of hydrogen-bond donors (Lipinski definition) is 0. The Balaban J connectivity index is 1.87. The van der Waals surface area contributed by atoms with E-state index in [1.54, 1.807) is 25.6 Å². The van der Waals surface area contributed by atoms with Gasteiger partial charge in [-0.3, -0.25) is 0 Å². The van der Waals surface area contributed by atoms with Crippen molar-refractivity contribution in [1.82, 2.24) is 9.78 Å². The van der Waals surface area contributed by atoms with Gasteiger partial charge in [-0.15, -0.1) is 0 Å². The first-order valence-corrected chi connectivity index (χ1v) is 7.83. The molecule has 3 aromatic rings. The lowest BCUT2D eigenvalue weighted by molar-refractivity contribution is 0.287. The second kappa shape index (κ2) is 7.44. The Hall–Kier alpha value is -2.73. The summed E-state index contributed by atoms with van der Waals surface area (Å²) in [4.78, 5) is 0. The van der Waals surface area contributed by atoms with Crippen molar-refractivity contribution in [2.24, 2.45) is 0 Å². The second-order valence-electron chi connectivity index (χ2n) is 5.14. The number of hydrogen-bond acceptors (Lipinski definition) is 4. The van der Waals surface area contributed by atoms with Gasteiger partial charge in [-0.05, 0) is 23.8 Å². The summed E-state index contributed by atoms with van der Waals surface area (Å²) in [6, 6.07) is 10.5. The fourth-order valence-corrected chi connectivity index (χ4v) is 2.60. The van der Waals surface area contributed by atoms with Gasteiger partial charge in [0.05, 0.1) is 14.2 Å². The van der Waals surface area contributed by atoms with Crippen molar-refractivity contribution >= 4 is 11.6 Å². The number of nitrogens with zero attached hydrogens (tertiary/aromatic N) is 2. The first-order valence-electron chi connectivity index (χ1n) is 7.45. The number of ether oxygens (including phenoxy) is 3. The highest BCUT2D eigenvalue weighted by Gasteiger charge is 2.20. The minimum Gasteiger partial charge on any atom is -0.497 e. The number of halogens is 2. The van der Waals surface area contributed by atoms with Crippen molar-refractivity contribution in [2.75, 3.05) is 14.2 Å². The largest absolute Gasteiger partial charge is 0.497 e. The Bertz CT molecular complexity index is 852. The van der Waals surface area contributed by atoms with Crippen LogP contribution in [0.15, 0.2) is 48.8 Å². The lowest BCUT2D eigenvalue weighted by Crippen LogP contribution is -2.04. The van der Waals surface area contributed by atoms with Gasteiger partial charge < -0.3 is 14.2 Å². The molecule has 2 aromatic carbocycles. The van der Waals surface area contributed by atoms with Crippen LogP contribution in [0.2, 0.25) is 5.02 Å². The van der Waals surface area contributed by atoms with Gasteiger partial charge in [0.15, 0.2) is 11.6 Å². The Morgan fingerprint density at radius 1 is 1.12 bits per heavy atom. The van der Waals surface area contributed by atoms with E-state index in [1.165, 1.54) is 17.9 Å². The number of rotatable bonds is 6. The maximum absolute atomic E-state index is 14.6. The van der Waals surface area contributed by atoms with Gasteiger partial charge in [-0.2, -0.15) is 5.10 Å². The number of methoxy groups -OCH3 is 2. The monoisotopic (exact) mass is 362 g/mol. The van der Waals surface area contributed by atoms with E-state index < -0.39 is 5.82 Å². The molecular formula is C18H16ClFN2O3. The van der Waals surface area contributed by atoms with Crippen LogP contribution in [0.4, 0.5) is 4.39 Å². The van der Waals surface area contributed by atoms with E-state index in [4.69, 9.17) is 25.8 Å². The molecule has 3 rings (SSSR count). The molecule has 7 heteroatoms. The van der Waals surface area contributed by atoms with E-state index in [1.807, 2.05) is 24.3 Å². The molecule has 0 amide bonds. The van der Waals surface area contributed by atoms with Crippen LogP contribution in [0.25, 0.3) is 5.69 Å². The zero-order valence-corrected chi connectivity index (χ0v) is 14.5. The molecule has 0 bridgehead atoms. The fraction of sp³-hybridized carbons (Fsp3) is 0.167. The van der Waals surface area contributed by atoms with Crippen molar-refractivity contribution in [1.29, 1.82) is 0 Å². The minimum absolute atomic E-state index is 0.00794. The summed E-state index contributed by atoms with van der Waals surface area (Å²) in [5.74, 6) is 0.443. The zero-order chi connectivity index (χ0) is 17.8. The van der Waals surface area contributed by atoms with Crippen LogP contribution >= 0.6 is 11.6 Å². The van der Waals surface area contributed by atoms with Crippen molar-refractivity contribution in [3.8, 4) is 22.9 Å². The lowest BCUT2D eigenvalue weighted by atomic mass is 10.2. The molecule has 0 atom stereocenters. The molecule has 5 nitrogen and oxygen atoms in total. The third kappa shape index (κ3) is 3.53. The Morgan fingerprint density at radius 3 is 2.48 bits per heavy atom. The molecule has 25 heavy (non-hydrogen) atoms. The van der Waals surface area contributed by atoms with Gasteiger partial charge in [0.2, 0.25) is 0 Å². The Labute approximate surface area is 149 Å². The van der Waals surface area contributed by atoms with Gasteiger partial charge in [0.25, 0.3) is 0 Å². The molecule has 0 aliphatic carbocycles. The first kappa shape index (κ1) is 17.1. The summed E-state index contributed by atoms with van der Waals surface area (Å²) in [5, 5.41) is 3.95. The summed E-state index contributed by atoms with van der Waals surface area (Å²) >= 11 is 6.18. The molecule has 130 valence electrons. The highest BCUT2D eigenvalue weighted by Crippen LogP contribution is 2.38. The highest BCUT2D eigenvalue weighted by atomic mass is 35.5. The van der Waals surface area contributed by atoms with Gasteiger partial charge in [0.1, 0.15) is 28.8 Å². The summed E-state index contributed by atoms with van der Waals surface area (Å²) in [7, 11) is 3.07. The third-order valence-electron chi connectivity index (χ3n) is 3.62. The first-order chi connectivity index (χ1) is 12.1. The lowest BCUT2D eigenvalue weighted by Gasteiger charge is -2.15. The predicted octanol–water partition coefficient (Wildman–Crippen LogP) is 4.26. The standard InChI is InChI=1S/C18H16ClFN2O3/c1-23-13-6-4-12(5-7-13)11-25-14-10-15(24-2)18(16(19)17(14)20)22-9-3-8-21-22/h3-10H,11H2,1-2H3. The minimum atomic E-state index is -0.665. The van der Waals surface area contributed by atoms with Crippen molar-refractivity contribution < 1.29 is 18.6 Å². The molecule has 0 fully saturated rings. The van der Waals surface area contributed by atoms with Gasteiger partial charge in [0, 0.05) is 18.5 Å². The quantitative estimate of drug-likeness (QED) is 0.657. The fourth-order valence-electron chi connectivity index (χ4n) is 2.33. The van der Waals surface area contributed by atoms with Crippen LogP contribution in [0, 0.1) is 5.82 Å². The van der Waals surface area contributed by atoms with E-state index in [2.05, 4.69) is 5.10 Å². The van der Waals surface area contributed by atoms with Gasteiger partial charge >= 0.3 is 0 Å². The van der Waals surface area contributed by atoms with Crippen LogP contribution < -0.4 is 14.2 Å². The SMILES string of the molecule is COc1ccc(COc2cc(OC)c(-n3cccn3)c(Cl)c2F)cc1. The van der Waals surface area contributed by atoms with Crippen molar-refractivity contribution in [3.63, 3.8) is 0 Å². The molecule has 0 unspecified atom stereocenters. The average molecular weight is 363 g/mol. The summed E-state index contributed by atoms with van der Waals surface area (Å²) in [6.07, 6.45) is 3.23. The Kier molecular flexibility index (Phi) is 5.09. The predicted molar refractivity (Wildman–Crippen MR) is 92.4 cm³/mol. The molecule has 0 aliphatic heterocycles. The zero-order valence-electron chi connectivity index (χ0n) is 13.7. The topological polar surface area (TPSA) is 45.5 Å². The second-order valence-corrected chi connectivity index (χ2v) is 5.52. The molecule has 0 spiro atoms. The molecule has 1 heterocycles. The van der Waals surface area contributed by atoms with Crippen LogP contribution in [0.5, 0.6) is 17.2 Å². The molecular weight excluding hydrogens is 347 g/mol. The maximum atomic E-state index is 14.6. The van der Waals surface area contributed by atoms with E-state index in [0.29, 0.717) is 11.4 Å². The van der Waals surface area contributed by atoms with Crippen LogP contribution in [0.3, 0.4) is 0 Å². The molecule has 0 aliphatic rings. The summed E-state index contributed by atoms with van der Waals surface area (Å²) in [5.41, 5.74) is 1.19. The van der Waals surface area contributed by atoms with Crippen LogP contribution in [-0.4, -0.2) is 24.0 Å². The highest BCUT2D eigenvalue weighted by molar-refractivity contribution is 6.33. The normalized spacial score (nSPS) is 10.6. The molecule has 1 aromatic heterocycles. The molecule has 0 saturated carbocycles. The van der Waals surface area contributed by atoms with Crippen molar-refractivity contribution in [2.45, 2.75) is 6.61 Å². The number of aromatic nitrogens is 2. The smallest absolute Gasteiger partial charge is 0.186 e. The number of benzene rings is 2. The van der Waals surface area contributed by atoms with Gasteiger partial charge in [-0.25, -0.2) is 9.07 Å². The summed E-state index contributed by atoms with van der Waals surface area (Å²) in [6.45, 7) is 0.182. The summed E-state index contributed by atoms with van der Waals surface area (Å²) < 4.78 is 32.1. The Morgan fingerprint density at radius 2 is 1.88 bits per heavy atom. The van der Waals surface area contributed by atoms with E-state index in [0.717, 1.165) is 11.3 Å². The molecule has 0 saturated heterocycles. The molecule has 0 radical (unpaired) electrons. The van der Waals surface area contributed by atoms with Crippen LogP contribution in [0.1, 0.15) is 5.56 Å². The molecule has 0 N–H and O–H groups in total. The average Bonchev–Trinajstić information content (AvgIpc) is 3.17. The van der Waals surface area contributed by atoms with Crippen molar-refractivity contribution in [3.05, 3.63) is 65.2 Å². The van der Waals surface area contributed by atoms with E-state index >= 15 is 0 Å². The maximum Gasteiger partial charge on any atom is 0.186 e.